The molecule has 0 fully saturated rings. The molecule has 1 unspecified atom stereocenters. The second-order valence-corrected chi connectivity index (χ2v) is 7.95. The highest BCUT2D eigenvalue weighted by Crippen LogP contribution is 2.29. The van der Waals surface area contributed by atoms with Crippen molar-refractivity contribution < 1.29 is 14.3 Å². The van der Waals surface area contributed by atoms with E-state index in [9.17, 15) is 0 Å². The van der Waals surface area contributed by atoms with Crippen LogP contribution in [-0.4, -0.2) is 26.5 Å². The van der Waals surface area contributed by atoms with Crippen LogP contribution >= 0.6 is 0 Å². The summed E-state index contributed by atoms with van der Waals surface area (Å²) in [5, 5.41) is 3.80. The lowest BCUT2D eigenvalue weighted by atomic mass is 9.94. The van der Waals surface area contributed by atoms with E-state index in [2.05, 4.69) is 62.3 Å². The molecule has 31 heavy (non-hydrogen) atoms. The van der Waals surface area contributed by atoms with E-state index in [1.165, 1.54) is 24.8 Å². The first kappa shape index (κ1) is 24.5. The van der Waals surface area contributed by atoms with E-state index < -0.39 is 0 Å². The first-order valence-electron chi connectivity index (χ1n) is 11.2. The van der Waals surface area contributed by atoms with Gasteiger partial charge in [0, 0.05) is 0 Å². The Morgan fingerprint density at radius 1 is 0.968 bits per heavy atom. The van der Waals surface area contributed by atoms with Crippen molar-refractivity contribution in [3.05, 3.63) is 70.8 Å². The number of hydrogen-bond donors (Lipinski definition) is 0. The van der Waals surface area contributed by atoms with Gasteiger partial charge in [-0.3, -0.25) is 0 Å². The molecule has 2 aromatic rings. The van der Waals surface area contributed by atoms with Crippen LogP contribution in [0.5, 0.6) is 11.5 Å². The summed E-state index contributed by atoms with van der Waals surface area (Å²) in [6.45, 7) is 9.80. The SMILES string of the molecule is C/C=C/COc1cc(C)c(OCCCCCC(C)c2ccc(C=NOC)cc2)c(C)c1. The molecular formula is C27H37NO3. The number of aryl methyl sites for hydroxylation is 2. The lowest BCUT2D eigenvalue weighted by Crippen LogP contribution is -2.02. The van der Waals surface area contributed by atoms with Crippen molar-refractivity contribution in [3.8, 4) is 11.5 Å². The number of rotatable bonds is 13. The maximum Gasteiger partial charge on any atom is 0.125 e. The third-order valence-electron chi connectivity index (χ3n) is 5.36. The molecule has 0 heterocycles. The molecule has 2 rings (SSSR count). The Kier molecular flexibility index (Phi) is 10.7. The maximum atomic E-state index is 6.09. The first-order valence-corrected chi connectivity index (χ1v) is 11.2. The van der Waals surface area contributed by atoms with E-state index in [1.54, 1.807) is 13.3 Å². The molecule has 1 atom stereocenters. The van der Waals surface area contributed by atoms with Crippen molar-refractivity contribution in [1.29, 1.82) is 0 Å². The minimum atomic E-state index is 0.550. The molecule has 0 N–H and O–H groups in total. The van der Waals surface area contributed by atoms with Gasteiger partial charge in [-0.15, -0.1) is 0 Å². The fourth-order valence-electron chi connectivity index (χ4n) is 3.56. The highest BCUT2D eigenvalue weighted by molar-refractivity contribution is 5.79. The van der Waals surface area contributed by atoms with Gasteiger partial charge in [0.2, 0.25) is 0 Å². The van der Waals surface area contributed by atoms with E-state index in [0.29, 0.717) is 12.5 Å². The zero-order valence-electron chi connectivity index (χ0n) is 19.7. The van der Waals surface area contributed by atoms with Crippen molar-refractivity contribution in [2.45, 2.75) is 59.3 Å². The Bertz CT molecular complexity index is 817. The Balaban J connectivity index is 1.70. The summed E-state index contributed by atoms with van der Waals surface area (Å²) in [6.07, 6.45) is 10.3. The van der Waals surface area contributed by atoms with E-state index in [4.69, 9.17) is 14.3 Å². The molecule has 0 amide bonds. The van der Waals surface area contributed by atoms with Gasteiger partial charge in [0.1, 0.15) is 25.2 Å². The van der Waals surface area contributed by atoms with Crippen molar-refractivity contribution in [1.82, 2.24) is 0 Å². The smallest absolute Gasteiger partial charge is 0.125 e. The van der Waals surface area contributed by atoms with Gasteiger partial charge in [-0.25, -0.2) is 0 Å². The Hall–Kier alpha value is -2.75. The van der Waals surface area contributed by atoms with E-state index >= 15 is 0 Å². The standard InChI is InChI=1S/C27H37NO3/c1-6-7-16-30-26-18-22(3)27(23(4)19-26)31-17-10-8-9-11-21(2)25-14-12-24(13-15-25)20-28-29-5/h6-7,12-15,18-21H,8-11,16-17H2,1-5H3/b7-6+,28-20?. The molecule has 4 heteroatoms. The molecule has 4 nitrogen and oxygen atoms in total. The van der Waals surface area contributed by atoms with Crippen LogP contribution in [0, 0.1) is 13.8 Å². The molecule has 0 saturated carbocycles. The summed E-state index contributed by atoms with van der Waals surface area (Å²) in [4.78, 5) is 4.72. The second-order valence-electron chi connectivity index (χ2n) is 7.95. The lowest BCUT2D eigenvalue weighted by Gasteiger charge is -2.15. The van der Waals surface area contributed by atoms with Gasteiger partial charge in [-0.2, -0.15) is 0 Å². The monoisotopic (exact) mass is 423 g/mol. The first-order chi connectivity index (χ1) is 15.0. The van der Waals surface area contributed by atoms with Crippen LogP contribution in [0.25, 0.3) is 0 Å². The van der Waals surface area contributed by atoms with Gasteiger partial charge in [-0.1, -0.05) is 61.3 Å². The molecule has 2 aromatic carbocycles. The molecule has 0 radical (unpaired) electrons. The number of allylic oxidation sites excluding steroid dienone is 1. The minimum Gasteiger partial charge on any atom is -0.493 e. The van der Waals surface area contributed by atoms with E-state index in [-0.39, 0.29) is 0 Å². The number of benzene rings is 2. The normalized spacial score (nSPS) is 12.4. The van der Waals surface area contributed by atoms with Crippen molar-refractivity contribution in [3.63, 3.8) is 0 Å². The number of oxime groups is 1. The van der Waals surface area contributed by atoms with Crippen molar-refractivity contribution >= 4 is 6.21 Å². The van der Waals surface area contributed by atoms with Crippen LogP contribution < -0.4 is 9.47 Å². The molecular weight excluding hydrogens is 386 g/mol. The Morgan fingerprint density at radius 3 is 2.32 bits per heavy atom. The summed E-state index contributed by atoms with van der Waals surface area (Å²) in [6, 6.07) is 12.7. The fourth-order valence-corrected chi connectivity index (χ4v) is 3.56. The van der Waals surface area contributed by atoms with Gasteiger partial charge in [0.15, 0.2) is 0 Å². The van der Waals surface area contributed by atoms with Crippen molar-refractivity contribution in [2.75, 3.05) is 20.3 Å². The molecule has 0 aliphatic heterocycles. The predicted molar refractivity (Wildman–Crippen MR) is 130 cm³/mol. The highest BCUT2D eigenvalue weighted by atomic mass is 16.6. The summed E-state index contributed by atoms with van der Waals surface area (Å²) in [5.41, 5.74) is 4.68. The largest absolute Gasteiger partial charge is 0.493 e. The van der Waals surface area contributed by atoms with Gasteiger partial charge in [0.25, 0.3) is 0 Å². The van der Waals surface area contributed by atoms with Crippen molar-refractivity contribution in [2.24, 2.45) is 5.16 Å². The van der Waals surface area contributed by atoms with Crippen LogP contribution in [0.3, 0.4) is 0 Å². The maximum absolute atomic E-state index is 6.09. The topological polar surface area (TPSA) is 40.0 Å². The molecule has 0 aromatic heterocycles. The molecule has 0 bridgehead atoms. The van der Waals surface area contributed by atoms with E-state index in [0.717, 1.165) is 41.2 Å². The summed E-state index contributed by atoms with van der Waals surface area (Å²) in [7, 11) is 1.55. The van der Waals surface area contributed by atoms with Crippen LogP contribution in [0.4, 0.5) is 0 Å². The zero-order valence-corrected chi connectivity index (χ0v) is 19.7. The number of nitrogens with zero attached hydrogens (tertiary/aromatic N) is 1. The molecule has 0 aliphatic rings. The molecule has 0 saturated heterocycles. The summed E-state index contributed by atoms with van der Waals surface area (Å²) in [5.74, 6) is 2.44. The lowest BCUT2D eigenvalue weighted by molar-refractivity contribution is 0.215. The fraction of sp³-hybridized carbons (Fsp3) is 0.444. The van der Waals surface area contributed by atoms with Gasteiger partial charge in [-0.05, 0) is 73.9 Å². The van der Waals surface area contributed by atoms with Gasteiger partial charge >= 0.3 is 0 Å². The minimum absolute atomic E-state index is 0.550. The molecule has 0 aliphatic carbocycles. The molecule has 168 valence electrons. The van der Waals surface area contributed by atoms with Gasteiger partial charge in [0.05, 0.1) is 12.8 Å². The average molecular weight is 424 g/mol. The quantitative estimate of drug-likeness (QED) is 0.151. The summed E-state index contributed by atoms with van der Waals surface area (Å²) < 4.78 is 11.8. The number of unbranched alkanes of at least 4 members (excludes halogenated alkanes) is 2. The van der Waals surface area contributed by atoms with Gasteiger partial charge < -0.3 is 14.3 Å². The third kappa shape index (κ3) is 8.49. The predicted octanol–water partition coefficient (Wildman–Crippen LogP) is 6.98. The average Bonchev–Trinajstić information content (AvgIpc) is 2.76. The highest BCUT2D eigenvalue weighted by Gasteiger charge is 2.08. The molecule has 0 spiro atoms. The van der Waals surface area contributed by atoms with Crippen LogP contribution in [0.2, 0.25) is 0 Å². The van der Waals surface area contributed by atoms with Crippen LogP contribution in [0.1, 0.15) is 67.7 Å². The van der Waals surface area contributed by atoms with Crippen LogP contribution in [-0.2, 0) is 4.84 Å². The van der Waals surface area contributed by atoms with E-state index in [1.807, 2.05) is 19.1 Å². The summed E-state index contributed by atoms with van der Waals surface area (Å²) >= 11 is 0. The zero-order chi connectivity index (χ0) is 22.5. The number of hydrogen-bond acceptors (Lipinski definition) is 4. The van der Waals surface area contributed by atoms with Crippen LogP contribution in [0.15, 0.2) is 53.7 Å². The Morgan fingerprint density at radius 2 is 1.68 bits per heavy atom. The second kappa shape index (κ2) is 13.5. The Labute approximate surface area is 187 Å². The third-order valence-corrected chi connectivity index (χ3v) is 5.36. The number of ether oxygens (including phenoxy) is 2.